The molecule has 0 unspecified atom stereocenters. The van der Waals surface area contributed by atoms with Gasteiger partial charge in [-0.15, -0.1) is 0 Å². The van der Waals surface area contributed by atoms with Crippen LogP contribution in [0.15, 0.2) is 18.2 Å². The van der Waals surface area contributed by atoms with Crippen molar-refractivity contribution in [2.24, 2.45) is 7.05 Å². The summed E-state index contributed by atoms with van der Waals surface area (Å²) in [6.07, 6.45) is 0. The molecule has 0 amide bonds. The molecule has 0 spiro atoms. The zero-order chi connectivity index (χ0) is 12.6. The number of aromatic nitrogens is 1. The molecule has 17 heavy (non-hydrogen) atoms. The van der Waals surface area contributed by atoms with E-state index >= 15 is 0 Å². The lowest BCUT2D eigenvalue weighted by Gasteiger charge is -2.04. The van der Waals surface area contributed by atoms with Crippen molar-refractivity contribution in [3.8, 4) is 5.75 Å². The summed E-state index contributed by atoms with van der Waals surface area (Å²) in [6, 6.07) is 5.06. The van der Waals surface area contributed by atoms with Gasteiger partial charge in [0.15, 0.2) is 0 Å². The van der Waals surface area contributed by atoms with E-state index in [0.717, 1.165) is 16.5 Å². The maximum Gasteiger partial charge on any atom is 0.355 e. The largest absolute Gasteiger partial charge is 0.508 e. The molecule has 2 aromatic rings. The molecule has 2 rings (SSSR count). The highest BCUT2D eigenvalue weighted by Crippen LogP contribution is 2.28. The molecular formula is C13H15NO3. The van der Waals surface area contributed by atoms with Crippen LogP contribution in [0.4, 0.5) is 0 Å². The van der Waals surface area contributed by atoms with Crippen molar-refractivity contribution in [3.05, 3.63) is 29.5 Å². The molecule has 0 bridgehead atoms. The lowest BCUT2D eigenvalue weighted by Crippen LogP contribution is -2.10. The minimum Gasteiger partial charge on any atom is -0.508 e. The standard InChI is InChI=1S/C13H15NO3/c1-4-17-13(16)12-8(2)10-7-9(15)5-6-11(10)14(12)3/h5-7,15H,4H2,1-3H3. The maximum atomic E-state index is 11.8. The van der Waals surface area contributed by atoms with E-state index < -0.39 is 0 Å². The highest BCUT2D eigenvalue weighted by atomic mass is 16.5. The Morgan fingerprint density at radius 1 is 1.47 bits per heavy atom. The first kappa shape index (κ1) is 11.5. The number of aromatic hydroxyl groups is 1. The monoisotopic (exact) mass is 233 g/mol. The van der Waals surface area contributed by atoms with Crippen LogP contribution in [0.3, 0.4) is 0 Å². The molecule has 0 saturated carbocycles. The fourth-order valence-corrected chi connectivity index (χ4v) is 2.11. The van der Waals surface area contributed by atoms with E-state index in [1.54, 1.807) is 29.7 Å². The van der Waals surface area contributed by atoms with E-state index in [4.69, 9.17) is 4.74 Å². The molecule has 0 aliphatic carbocycles. The number of ether oxygens (including phenoxy) is 1. The summed E-state index contributed by atoms with van der Waals surface area (Å²) in [5, 5.41) is 10.3. The number of hydrogen-bond acceptors (Lipinski definition) is 3. The van der Waals surface area contributed by atoms with Crippen LogP contribution >= 0.6 is 0 Å². The smallest absolute Gasteiger partial charge is 0.355 e. The van der Waals surface area contributed by atoms with Crippen molar-refractivity contribution in [1.82, 2.24) is 4.57 Å². The van der Waals surface area contributed by atoms with E-state index in [9.17, 15) is 9.90 Å². The van der Waals surface area contributed by atoms with Crippen molar-refractivity contribution < 1.29 is 14.6 Å². The molecule has 0 radical (unpaired) electrons. The highest BCUT2D eigenvalue weighted by molar-refractivity contribution is 5.99. The van der Waals surface area contributed by atoms with Crippen molar-refractivity contribution in [2.75, 3.05) is 6.61 Å². The number of rotatable bonds is 2. The molecule has 4 heteroatoms. The average molecular weight is 233 g/mol. The molecule has 1 heterocycles. The lowest BCUT2D eigenvalue weighted by atomic mass is 10.1. The predicted octanol–water partition coefficient (Wildman–Crippen LogP) is 2.37. The average Bonchev–Trinajstić information content (AvgIpc) is 2.52. The molecule has 0 aliphatic heterocycles. The second-order valence-corrected chi connectivity index (χ2v) is 3.95. The lowest BCUT2D eigenvalue weighted by molar-refractivity contribution is 0.0515. The summed E-state index contributed by atoms with van der Waals surface area (Å²) in [7, 11) is 1.82. The summed E-state index contributed by atoms with van der Waals surface area (Å²) in [5.41, 5.74) is 2.27. The van der Waals surface area contributed by atoms with Gasteiger partial charge in [0, 0.05) is 18.0 Å². The number of hydrogen-bond donors (Lipinski definition) is 1. The number of aryl methyl sites for hydroxylation is 2. The van der Waals surface area contributed by atoms with Crippen molar-refractivity contribution in [1.29, 1.82) is 0 Å². The Bertz CT molecular complexity index is 584. The number of phenols is 1. The minimum absolute atomic E-state index is 0.196. The van der Waals surface area contributed by atoms with Gasteiger partial charge in [-0.05, 0) is 37.6 Å². The van der Waals surface area contributed by atoms with Crippen LogP contribution in [-0.4, -0.2) is 22.2 Å². The second kappa shape index (κ2) is 4.13. The van der Waals surface area contributed by atoms with Gasteiger partial charge in [-0.25, -0.2) is 4.79 Å². The molecule has 0 fully saturated rings. The van der Waals surface area contributed by atoms with Gasteiger partial charge in [-0.3, -0.25) is 0 Å². The number of phenolic OH excluding ortho intramolecular Hbond substituents is 1. The predicted molar refractivity (Wildman–Crippen MR) is 65.3 cm³/mol. The van der Waals surface area contributed by atoms with E-state index in [-0.39, 0.29) is 11.7 Å². The Balaban J connectivity index is 2.68. The second-order valence-electron chi connectivity index (χ2n) is 3.95. The molecule has 1 aromatic carbocycles. The van der Waals surface area contributed by atoms with Gasteiger partial charge >= 0.3 is 5.97 Å². The number of benzene rings is 1. The van der Waals surface area contributed by atoms with Gasteiger partial charge in [0.25, 0.3) is 0 Å². The summed E-state index contributed by atoms with van der Waals surface area (Å²) in [5.74, 6) is -0.134. The van der Waals surface area contributed by atoms with Gasteiger partial charge in [0.2, 0.25) is 0 Å². The van der Waals surface area contributed by atoms with Gasteiger partial charge in [0.05, 0.1) is 6.61 Å². The summed E-state index contributed by atoms with van der Waals surface area (Å²) >= 11 is 0. The molecule has 0 aliphatic rings. The van der Waals surface area contributed by atoms with E-state index in [1.807, 2.05) is 14.0 Å². The number of esters is 1. The number of carbonyl (C=O) groups is 1. The van der Waals surface area contributed by atoms with Gasteiger partial charge in [0.1, 0.15) is 11.4 Å². The maximum absolute atomic E-state index is 11.8. The third-order valence-electron chi connectivity index (χ3n) is 2.90. The van der Waals surface area contributed by atoms with Gasteiger partial charge < -0.3 is 14.4 Å². The third kappa shape index (κ3) is 1.75. The number of fused-ring (bicyclic) bond motifs is 1. The van der Waals surface area contributed by atoms with Gasteiger partial charge in [-0.2, -0.15) is 0 Å². The van der Waals surface area contributed by atoms with Crippen LogP contribution < -0.4 is 0 Å². The molecule has 90 valence electrons. The van der Waals surface area contributed by atoms with E-state index in [2.05, 4.69) is 0 Å². The van der Waals surface area contributed by atoms with Crippen molar-refractivity contribution in [2.45, 2.75) is 13.8 Å². The number of carbonyl (C=O) groups excluding carboxylic acids is 1. The SMILES string of the molecule is CCOC(=O)c1c(C)c2cc(O)ccc2n1C. The first-order valence-corrected chi connectivity index (χ1v) is 5.51. The Morgan fingerprint density at radius 3 is 2.82 bits per heavy atom. The van der Waals surface area contributed by atoms with Crippen LogP contribution in [0, 0.1) is 6.92 Å². The Morgan fingerprint density at radius 2 is 2.18 bits per heavy atom. The van der Waals surface area contributed by atoms with Crippen LogP contribution in [0.1, 0.15) is 23.0 Å². The van der Waals surface area contributed by atoms with E-state index in [1.165, 1.54) is 0 Å². The molecule has 1 aromatic heterocycles. The Kier molecular flexibility index (Phi) is 2.79. The molecule has 0 atom stereocenters. The summed E-state index contributed by atoms with van der Waals surface area (Å²) < 4.78 is 6.82. The highest BCUT2D eigenvalue weighted by Gasteiger charge is 2.19. The van der Waals surface area contributed by atoms with Crippen molar-refractivity contribution in [3.63, 3.8) is 0 Å². The normalized spacial score (nSPS) is 10.8. The first-order valence-electron chi connectivity index (χ1n) is 5.51. The van der Waals surface area contributed by atoms with Crippen LogP contribution in [0.5, 0.6) is 5.75 Å². The number of nitrogens with zero attached hydrogens (tertiary/aromatic N) is 1. The zero-order valence-corrected chi connectivity index (χ0v) is 10.2. The Labute approximate surface area is 99.4 Å². The van der Waals surface area contributed by atoms with Crippen LogP contribution in [0.2, 0.25) is 0 Å². The molecule has 1 N–H and O–H groups in total. The summed E-state index contributed by atoms with van der Waals surface area (Å²) in [6.45, 7) is 3.99. The molecule has 4 nitrogen and oxygen atoms in total. The minimum atomic E-state index is -0.330. The van der Waals surface area contributed by atoms with Crippen LogP contribution in [-0.2, 0) is 11.8 Å². The fourth-order valence-electron chi connectivity index (χ4n) is 2.11. The zero-order valence-electron chi connectivity index (χ0n) is 10.2. The molecule has 0 saturated heterocycles. The topological polar surface area (TPSA) is 51.5 Å². The first-order chi connectivity index (χ1) is 8.06. The van der Waals surface area contributed by atoms with Crippen LogP contribution in [0.25, 0.3) is 10.9 Å². The fraction of sp³-hybridized carbons (Fsp3) is 0.308. The quantitative estimate of drug-likeness (QED) is 0.810. The summed E-state index contributed by atoms with van der Waals surface area (Å²) in [4.78, 5) is 11.8. The third-order valence-corrected chi connectivity index (χ3v) is 2.90. The molecular weight excluding hydrogens is 218 g/mol. The van der Waals surface area contributed by atoms with Gasteiger partial charge in [-0.1, -0.05) is 0 Å². The Hall–Kier alpha value is -1.97. The van der Waals surface area contributed by atoms with Crippen molar-refractivity contribution >= 4 is 16.9 Å². The van der Waals surface area contributed by atoms with E-state index in [0.29, 0.717) is 12.3 Å².